The van der Waals surface area contributed by atoms with Gasteiger partial charge in [0.1, 0.15) is 5.69 Å². The average Bonchev–Trinajstić information content (AvgIpc) is 3.18. The lowest BCUT2D eigenvalue weighted by Crippen LogP contribution is -2.49. The molecular weight excluding hydrogens is 318 g/mol. The van der Waals surface area contributed by atoms with Crippen LogP contribution >= 0.6 is 22.7 Å². The van der Waals surface area contributed by atoms with E-state index in [4.69, 9.17) is 0 Å². The van der Waals surface area contributed by atoms with Crippen LogP contribution in [0.25, 0.3) is 0 Å². The van der Waals surface area contributed by atoms with Crippen molar-refractivity contribution in [2.75, 3.05) is 13.1 Å². The highest BCUT2D eigenvalue weighted by atomic mass is 32.1. The molecule has 0 bridgehead atoms. The minimum Gasteiger partial charge on any atom is -0.346 e. The van der Waals surface area contributed by atoms with Crippen LogP contribution in [0.5, 0.6) is 0 Å². The van der Waals surface area contributed by atoms with Crippen LogP contribution in [0.2, 0.25) is 0 Å². The Morgan fingerprint density at radius 1 is 1.41 bits per heavy atom. The molecule has 1 aliphatic rings. The molecule has 5 nitrogen and oxygen atoms in total. The molecule has 2 aromatic rings. The van der Waals surface area contributed by atoms with E-state index in [0.717, 1.165) is 29.3 Å². The van der Waals surface area contributed by atoms with Crippen LogP contribution in [0.1, 0.15) is 38.0 Å². The molecule has 0 saturated carbocycles. The van der Waals surface area contributed by atoms with Crippen molar-refractivity contribution in [2.45, 2.75) is 25.8 Å². The number of piperidine rings is 1. The summed E-state index contributed by atoms with van der Waals surface area (Å²) in [7, 11) is 0. The van der Waals surface area contributed by atoms with Crippen LogP contribution < -0.4 is 5.32 Å². The largest absolute Gasteiger partial charge is 0.346 e. The topological polar surface area (TPSA) is 62.3 Å². The molecule has 116 valence electrons. The summed E-state index contributed by atoms with van der Waals surface area (Å²) in [6.07, 6.45) is 1.79. The first-order valence-corrected chi connectivity index (χ1v) is 8.95. The van der Waals surface area contributed by atoms with Gasteiger partial charge in [-0.1, -0.05) is 6.07 Å². The second-order valence-corrected chi connectivity index (χ2v) is 7.30. The molecular formula is C15H17N3O2S2. The van der Waals surface area contributed by atoms with E-state index in [0.29, 0.717) is 12.2 Å². The normalized spacial score (nSPS) is 18.2. The summed E-state index contributed by atoms with van der Waals surface area (Å²) in [6, 6.07) is 3.71. The molecule has 2 amide bonds. The smallest absolute Gasteiger partial charge is 0.271 e. The fraction of sp³-hybridized carbons (Fsp3) is 0.400. The molecule has 1 atom stereocenters. The third-order valence-electron chi connectivity index (χ3n) is 3.63. The Bertz CT molecular complexity index is 666. The Balaban J connectivity index is 1.61. The van der Waals surface area contributed by atoms with Gasteiger partial charge in [0.15, 0.2) is 0 Å². The van der Waals surface area contributed by atoms with Gasteiger partial charge in [-0.05, 0) is 31.2 Å². The maximum atomic E-state index is 12.4. The Hall–Kier alpha value is -1.73. The van der Waals surface area contributed by atoms with Gasteiger partial charge in [-0.3, -0.25) is 9.59 Å². The summed E-state index contributed by atoms with van der Waals surface area (Å²) in [6.45, 7) is 3.19. The molecule has 0 aliphatic carbocycles. The first-order chi connectivity index (χ1) is 10.6. The molecule has 1 N–H and O–H groups in total. The minimum atomic E-state index is -0.153. The van der Waals surface area contributed by atoms with Gasteiger partial charge in [-0.2, -0.15) is 0 Å². The van der Waals surface area contributed by atoms with E-state index in [2.05, 4.69) is 10.3 Å². The number of carbonyl (C=O) groups excluding carboxylic acids is 2. The van der Waals surface area contributed by atoms with Gasteiger partial charge in [-0.25, -0.2) is 4.98 Å². The number of nitrogens with zero attached hydrogens (tertiary/aromatic N) is 2. The van der Waals surface area contributed by atoms with E-state index in [1.165, 1.54) is 22.7 Å². The number of rotatable bonds is 3. The van der Waals surface area contributed by atoms with E-state index in [1.54, 1.807) is 5.38 Å². The maximum Gasteiger partial charge on any atom is 0.271 e. The fourth-order valence-electron chi connectivity index (χ4n) is 2.56. The van der Waals surface area contributed by atoms with Crippen LogP contribution in [0.4, 0.5) is 0 Å². The molecule has 3 heterocycles. The quantitative estimate of drug-likeness (QED) is 0.937. The number of hydrogen-bond donors (Lipinski definition) is 1. The fourth-order valence-corrected chi connectivity index (χ4v) is 3.85. The van der Waals surface area contributed by atoms with Crippen LogP contribution in [0.3, 0.4) is 0 Å². The van der Waals surface area contributed by atoms with Gasteiger partial charge in [-0.15, -0.1) is 22.7 Å². The highest BCUT2D eigenvalue weighted by molar-refractivity contribution is 7.12. The number of aromatic nitrogens is 1. The zero-order valence-electron chi connectivity index (χ0n) is 12.2. The third-order valence-corrected chi connectivity index (χ3v) is 5.26. The molecule has 1 saturated heterocycles. The van der Waals surface area contributed by atoms with Crippen molar-refractivity contribution < 1.29 is 9.59 Å². The van der Waals surface area contributed by atoms with Crippen LogP contribution in [0, 0.1) is 6.92 Å². The molecule has 1 unspecified atom stereocenters. The maximum absolute atomic E-state index is 12.4. The van der Waals surface area contributed by atoms with Gasteiger partial charge < -0.3 is 10.2 Å². The summed E-state index contributed by atoms with van der Waals surface area (Å²) in [4.78, 5) is 31.3. The minimum absolute atomic E-state index is 0.00725. The van der Waals surface area contributed by atoms with Gasteiger partial charge in [0.25, 0.3) is 11.8 Å². The van der Waals surface area contributed by atoms with Crippen LogP contribution in [-0.4, -0.2) is 40.8 Å². The number of aryl methyl sites for hydroxylation is 1. The standard InChI is InChI=1S/C15H17N3O2S2/c1-10-16-12(9-22-10)14(19)17-11-4-2-6-18(8-11)15(20)13-5-3-7-21-13/h3,5,7,9,11H,2,4,6,8H2,1H3,(H,17,19). The second-order valence-electron chi connectivity index (χ2n) is 5.29. The molecule has 7 heteroatoms. The highest BCUT2D eigenvalue weighted by Crippen LogP contribution is 2.17. The number of hydrogen-bond acceptors (Lipinski definition) is 5. The van der Waals surface area contributed by atoms with Crippen molar-refractivity contribution in [2.24, 2.45) is 0 Å². The Labute approximate surface area is 137 Å². The van der Waals surface area contributed by atoms with E-state index < -0.39 is 0 Å². The molecule has 0 spiro atoms. The van der Waals surface area contributed by atoms with E-state index in [1.807, 2.05) is 29.3 Å². The van der Waals surface area contributed by atoms with Crippen molar-refractivity contribution in [1.29, 1.82) is 0 Å². The second kappa shape index (κ2) is 6.58. The van der Waals surface area contributed by atoms with Crippen molar-refractivity contribution in [1.82, 2.24) is 15.2 Å². The molecule has 3 rings (SSSR count). The molecule has 22 heavy (non-hydrogen) atoms. The highest BCUT2D eigenvalue weighted by Gasteiger charge is 2.26. The SMILES string of the molecule is Cc1nc(C(=O)NC2CCCN(C(=O)c3cccs3)C2)cs1. The Morgan fingerprint density at radius 2 is 2.27 bits per heavy atom. The Morgan fingerprint density at radius 3 is 2.95 bits per heavy atom. The van der Waals surface area contributed by atoms with Crippen LogP contribution in [-0.2, 0) is 0 Å². The predicted octanol–water partition coefficient (Wildman–Crippen LogP) is 2.55. The first kappa shape index (κ1) is 15.2. The summed E-state index contributed by atoms with van der Waals surface area (Å²) >= 11 is 2.92. The first-order valence-electron chi connectivity index (χ1n) is 7.19. The van der Waals surface area contributed by atoms with Crippen molar-refractivity contribution in [3.05, 3.63) is 38.5 Å². The molecule has 2 aromatic heterocycles. The molecule has 0 radical (unpaired) electrons. The summed E-state index contributed by atoms with van der Waals surface area (Å²) in [5.41, 5.74) is 0.462. The number of amides is 2. The number of carbonyl (C=O) groups is 2. The lowest BCUT2D eigenvalue weighted by molar-refractivity contribution is 0.0680. The predicted molar refractivity (Wildman–Crippen MR) is 87.6 cm³/mol. The lowest BCUT2D eigenvalue weighted by atomic mass is 10.1. The zero-order chi connectivity index (χ0) is 15.5. The molecule has 1 fully saturated rings. The number of thiazole rings is 1. The zero-order valence-corrected chi connectivity index (χ0v) is 13.9. The monoisotopic (exact) mass is 335 g/mol. The molecule has 0 aromatic carbocycles. The van der Waals surface area contributed by atoms with E-state index >= 15 is 0 Å². The van der Waals surface area contributed by atoms with Crippen LogP contribution in [0.15, 0.2) is 22.9 Å². The Kier molecular flexibility index (Phi) is 4.54. The number of thiophene rings is 1. The summed E-state index contributed by atoms with van der Waals surface area (Å²) < 4.78 is 0. The average molecular weight is 335 g/mol. The number of nitrogens with one attached hydrogen (secondary N) is 1. The van der Waals surface area contributed by atoms with Gasteiger partial charge >= 0.3 is 0 Å². The van der Waals surface area contributed by atoms with Gasteiger partial charge in [0, 0.05) is 24.5 Å². The third kappa shape index (κ3) is 3.36. The van der Waals surface area contributed by atoms with E-state index in [-0.39, 0.29) is 17.9 Å². The van der Waals surface area contributed by atoms with Crippen molar-refractivity contribution in [3.8, 4) is 0 Å². The number of likely N-dealkylation sites (tertiary alicyclic amines) is 1. The van der Waals surface area contributed by atoms with Gasteiger partial charge in [0.2, 0.25) is 0 Å². The van der Waals surface area contributed by atoms with E-state index in [9.17, 15) is 9.59 Å². The van der Waals surface area contributed by atoms with Gasteiger partial charge in [0.05, 0.1) is 9.88 Å². The lowest BCUT2D eigenvalue weighted by Gasteiger charge is -2.32. The van der Waals surface area contributed by atoms with Crippen molar-refractivity contribution >= 4 is 34.5 Å². The summed E-state index contributed by atoms with van der Waals surface area (Å²) in [5.74, 6) is -0.0989. The molecule has 1 aliphatic heterocycles. The van der Waals surface area contributed by atoms with Crippen molar-refractivity contribution in [3.63, 3.8) is 0 Å². The summed E-state index contributed by atoms with van der Waals surface area (Å²) in [5, 5.41) is 7.54.